The van der Waals surface area contributed by atoms with Crippen molar-refractivity contribution >= 4 is 44.6 Å². The molecular weight excluding hydrogens is 474 g/mol. The van der Waals surface area contributed by atoms with E-state index < -0.39 is 12.2 Å². The van der Waals surface area contributed by atoms with Crippen molar-refractivity contribution in [3.8, 4) is 5.75 Å². The first-order valence-corrected chi connectivity index (χ1v) is 11.1. The van der Waals surface area contributed by atoms with Crippen LogP contribution in [0.15, 0.2) is 58.1 Å². The monoisotopic (exact) mass is 493 g/mol. The van der Waals surface area contributed by atoms with Gasteiger partial charge in [0, 0.05) is 40.9 Å². The normalized spacial score (nSPS) is 17.8. The third-order valence-corrected chi connectivity index (χ3v) is 5.91. The highest BCUT2D eigenvalue weighted by molar-refractivity contribution is 9.10. The summed E-state index contributed by atoms with van der Waals surface area (Å²) in [5.41, 5.74) is 3.17. The average Bonchev–Trinajstić information content (AvgIpc) is 3.52. The predicted octanol–water partition coefficient (Wildman–Crippen LogP) is 5.04. The summed E-state index contributed by atoms with van der Waals surface area (Å²) in [5.74, 6) is 0.336. The van der Waals surface area contributed by atoms with Crippen molar-refractivity contribution < 1.29 is 19.1 Å². The van der Waals surface area contributed by atoms with Gasteiger partial charge in [-0.2, -0.15) is 5.01 Å². The van der Waals surface area contributed by atoms with Crippen LogP contribution in [0.4, 0.5) is 0 Å². The molecule has 0 unspecified atom stereocenters. The summed E-state index contributed by atoms with van der Waals surface area (Å²) in [7, 11) is 0. The number of carbonyl (C=O) groups is 2. The van der Waals surface area contributed by atoms with Crippen LogP contribution >= 0.6 is 15.9 Å². The first kappa shape index (κ1) is 20.6. The molecule has 1 atom stereocenters. The molecule has 1 saturated carbocycles. The van der Waals surface area contributed by atoms with E-state index in [1.165, 1.54) is 18.9 Å². The third kappa shape index (κ3) is 3.86. The first-order chi connectivity index (χ1) is 15.4. The van der Waals surface area contributed by atoms with Gasteiger partial charge in [-0.3, -0.25) is 14.6 Å². The molecule has 5 rings (SSSR count). The lowest BCUT2D eigenvalue weighted by atomic mass is 10.1. The van der Waals surface area contributed by atoms with Crippen molar-refractivity contribution in [3.05, 3.63) is 69.8 Å². The van der Waals surface area contributed by atoms with Crippen LogP contribution in [0.5, 0.6) is 5.75 Å². The Bertz CT molecular complexity index is 1290. The maximum Gasteiger partial charge on any atom is 0.308 e. The second-order valence-corrected chi connectivity index (χ2v) is 8.82. The number of para-hydroxylation sites is 1. The number of aromatic nitrogens is 1. The molecule has 2 aliphatic rings. The quantitative estimate of drug-likeness (QED) is 0.375. The van der Waals surface area contributed by atoms with Gasteiger partial charge in [-0.15, -0.1) is 5.10 Å². The summed E-state index contributed by atoms with van der Waals surface area (Å²) in [6, 6.07) is 15.0. The zero-order valence-electron chi connectivity index (χ0n) is 17.5. The van der Waals surface area contributed by atoms with E-state index in [1.54, 1.807) is 18.2 Å². The van der Waals surface area contributed by atoms with E-state index in [-0.39, 0.29) is 5.91 Å². The fourth-order valence-corrected chi connectivity index (χ4v) is 4.18. The molecule has 0 spiro atoms. The molecule has 1 aromatic heterocycles. The molecule has 7 nitrogen and oxygen atoms in total. The van der Waals surface area contributed by atoms with Gasteiger partial charge in [-0.05, 0) is 43.2 Å². The molecule has 162 valence electrons. The van der Waals surface area contributed by atoms with Crippen LogP contribution in [0.2, 0.25) is 0 Å². The van der Waals surface area contributed by atoms with Crippen LogP contribution in [-0.4, -0.2) is 27.8 Å². The Balaban J connectivity index is 1.61. The highest BCUT2D eigenvalue weighted by Crippen LogP contribution is 2.42. The van der Waals surface area contributed by atoms with Gasteiger partial charge in [0.2, 0.25) is 18.0 Å². The number of ether oxygens (including phenoxy) is 2. The number of halogens is 1. The Morgan fingerprint density at radius 2 is 1.91 bits per heavy atom. The Hall–Kier alpha value is -3.26. The van der Waals surface area contributed by atoms with Crippen molar-refractivity contribution in [1.82, 2.24) is 9.99 Å². The van der Waals surface area contributed by atoms with E-state index in [0.29, 0.717) is 23.1 Å². The standard InChI is InChI=1S/C24H20BrN3O4/c1-13(29)28-24(19-11-16(25)9-10-22(19)31-14(2)30)32-23(27-28)18-12-21(15-7-8-15)26-20-6-4-3-5-17(18)20/h3-6,9-12,15,24H,7-8H2,1-2H3/t24-/m1/s1. The second-order valence-electron chi connectivity index (χ2n) is 7.90. The van der Waals surface area contributed by atoms with Crippen molar-refractivity contribution in [3.63, 3.8) is 0 Å². The summed E-state index contributed by atoms with van der Waals surface area (Å²) in [6.45, 7) is 2.75. The summed E-state index contributed by atoms with van der Waals surface area (Å²) < 4.78 is 12.4. The van der Waals surface area contributed by atoms with Crippen molar-refractivity contribution in [2.45, 2.75) is 38.8 Å². The summed E-state index contributed by atoms with van der Waals surface area (Å²) >= 11 is 3.45. The first-order valence-electron chi connectivity index (χ1n) is 10.3. The van der Waals surface area contributed by atoms with E-state index in [1.807, 2.05) is 30.3 Å². The van der Waals surface area contributed by atoms with E-state index in [0.717, 1.165) is 39.5 Å². The van der Waals surface area contributed by atoms with E-state index in [4.69, 9.17) is 14.5 Å². The fourth-order valence-electron chi connectivity index (χ4n) is 3.80. The lowest BCUT2D eigenvalue weighted by Gasteiger charge is -2.21. The number of hydrazone groups is 1. The number of pyridine rings is 1. The third-order valence-electron chi connectivity index (χ3n) is 5.42. The number of esters is 1. The predicted molar refractivity (Wildman–Crippen MR) is 122 cm³/mol. The topological polar surface area (TPSA) is 81.1 Å². The summed E-state index contributed by atoms with van der Waals surface area (Å²) in [6.07, 6.45) is 1.36. The van der Waals surface area contributed by atoms with Gasteiger partial charge in [-0.25, -0.2) is 0 Å². The minimum absolute atomic E-state index is 0.292. The molecular formula is C24H20BrN3O4. The van der Waals surface area contributed by atoms with Crippen LogP contribution in [-0.2, 0) is 14.3 Å². The minimum atomic E-state index is -0.870. The Kier molecular flexibility index (Phi) is 5.17. The molecule has 8 heteroatoms. The number of nitrogens with zero attached hydrogens (tertiary/aromatic N) is 3. The van der Waals surface area contributed by atoms with E-state index in [9.17, 15) is 9.59 Å². The van der Waals surface area contributed by atoms with E-state index in [2.05, 4.69) is 21.0 Å². The van der Waals surface area contributed by atoms with Crippen molar-refractivity contribution in [2.24, 2.45) is 5.10 Å². The highest BCUT2D eigenvalue weighted by Gasteiger charge is 2.37. The zero-order chi connectivity index (χ0) is 22.4. The molecule has 2 heterocycles. The molecule has 1 amide bonds. The SMILES string of the molecule is CC(=O)Oc1ccc(Br)cc1[C@H]1OC(c2cc(C3CC3)nc3ccccc23)=NN1C(C)=O. The maximum absolute atomic E-state index is 12.5. The number of amides is 1. The van der Waals surface area contributed by atoms with Crippen molar-refractivity contribution in [2.75, 3.05) is 0 Å². The molecule has 2 aromatic carbocycles. The van der Waals surface area contributed by atoms with Crippen LogP contribution in [0.1, 0.15) is 55.7 Å². The lowest BCUT2D eigenvalue weighted by molar-refractivity contribution is -0.135. The van der Waals surface area contributed by atoms with Gasteiger partial charge < -0.3 is 9.47 Å². The molecule has 1 aliphatic carbocycles. The highest BCUT2D eigenvalue weighted by atomic mass is 79.9. The van der Waals surface area contributed by atoms with Gasteiger partial charge in [0.25, 0.3) is 0 Å². The van der Waals surface area contributed by atoms with Crippen molar-refractivity contribution in [1.29, 1.82) is 0 Å². The van der Waals surface area contributed by atoms with Gasteiger partial charge in [0.1, 0.15) is 5.75 Å². The lowest BCUT2D eigenvalue weighted by Crippen LogP contribution is -2.26. The smallest absolute Gasteiger partial charge is 0.308 e. The molecule has 0 N–H and O–H groups in total. The molecule has 0 saturated heterocycles. The number of carbonyl (C=O) groups excluding carboxylic acids is 2. The Labute approximate surface area is 193 Å². The maximum atomic E-state index is 12.5. The van der Waals surface area contributed by atoms with Gasteiger partial charge in [0.05, 0.1) is 11.1 Å². The van der Waals surface area contributed by atoms with Gasteiger partial charge >= 0.3 is 5.97 Å². The Morgan fingerprint density at radius 3 is 2.62 bits per heavy atom. The molecule has 3 aromatic rings. The van der Waals surface area contributed by atoms with Crippen LogP contribution < -0.4 is 4.74 Å². The zero-order valence-corrected chi connectivity index (χ0v) is 19.1. The van der Waals surface area contributed by atoms with Crippen LogP contribution in [0.3, 0.4) is 0 Å². The second kappa shape index (κ2) is 8.02. The molecule has 32 heavy (non-hydrogen) atoms. The van der Waals surface area contributed by atoms with Crippen LogP contribution in [0.25, 0.3) is 10.9 Å². The van der Waals surface area contributed by atoms with E-state index >= 15 is 0 Å². The van der Waals surface area contributed by atoms with Gasteiger partial charge in [0.15, 0.2) is 0 Å². The number of hydrogen-bond acceptors (Lipinski definition) is 6. The number of rotatable bonds is 4. The largest absolute Gasteiger partial charge is 0.445 e. The molecule has 0 radical (unpaired) electrons. The Morgan fingerprint density at radius 1 is 1.12 bits per heavy atom. The number of fused-ring (bicyclic) bond motifs is 1. The number of benzene rings is 2. The number of hydrogen-bond donors (Lipinski definition) is 0. The molecule has 1 fully saturated rings. The average molecular weight is 494 g/mol. The molecule has 1 aliphatic heterocycles. The fraction of sp³-hybridized carbons (Fsp3) is 0.250. The summed E-state index contributed by atoms with van der Waals surface area (Å²) in [5, 5.41) is 6.70. The minimum Gasteiger partial charge on any atom is -0.445 e. The molecule has 0 bridgehead atoms. The summed E-state index contributed by atoms with van der Waals surface area (Å²) in [4.78, 5) is 28.9. The van der Waals surface area contributed by atoms with Gasteiger partial charge in [-0.1, -0.05) is 34.1 Å². The van der Waals surface area contributed by atoms with Crippen LogP contribution in [0, 0.1) is 0 Å².